The third-order valence-corrected chi connectivity index (χ3v) is 3.65. The van der Waals surface area contributed by atoms with Crippen molar-refractivity contribution in [1.29, 1.82) is 0 Å². The number of nitrogens with zero attached hydrogens (tertiary/aromatic N) is 1. The highest BCUT2D eigenvalue weighted by Crippen LogP contribution is 2.20. The third-order valence-electron chi connectivity index (χ3n) is 2.54. The van der Waals surface area contributed by atoms with Gasteiger partial charge < -0.3 is 5.32 Å². The smallest absolute Gasteiger partial charge is 0.267 e. The maximum absolute atomic E-state index is 11.8. The zero-order valence-corrected chi connectivity index (χ0v) is 11.7. The molecule has 2 rings (SSSR count). The quantitative estimate of drug-likeness (QED) is 0.917. The molecular weight excluding hydrogens is 268 g/mol. The van der Waals surface area contributed by atoms with Crippen LogP contribution < -0.4 is 5.32 Å². The van der Waals surface area contributed by atoms with E-state index in [1.165, 1.54) is 23.1 Å². The Morgan fingerprint density at radius 2 is 2.00 bits per heavy atom. The summed E-state index contributed by atoms with van der Waals surface area (Å²) in [4.78, 5) is 16.2. The SMILES string of the molecule is CC(C)c1ccc(NC(=O)c2cnc(Cl)s2)cc1. The Hall–Kier alpha value is -1.39. The first-order chi connectivity index (χ1) is 8.56. The van der Waals surface area contributed by atoms with Crippen molar-refractivity contribution >= 4 is 34.5 Å². The summed E-state index contributed by atoms with van der Waals surface area (Å²) in [6, 6.07) is 7.83. The van der Waals surface area contributed by atoms with E-state index < -0.39 is 0 Å². The van der Waals surface area contributed by atoms with Crippen LogP contribution in [0.2, 0.25) is 4.47 Å². The normalized spacial score (nSPS) is 10.7. The van der Waals surface area contributed by atoms with E-state index in [0.29, 0.717) is 15.3 Å². The molecule has 0 aliphatic heterocycles. The molecule has 0 spiro atoms. The lowest BCUT2D eigenvalue weighted by molar-refractivity contribution is 0.103. The fraction of sp³-hybridized carbons (Fsp3) is 0.231. The molecule has 2 aromatic rings. The molecule has 18 heavy (non-hydrogen) atoms. The summed E-state index contributed by atoms with van der Waals surface area (Å²) in [6.07, 6.45) is 1.48. The van der Waals surface area contributed by atoms with Crippen molar-refractivity contribution in [1.82, 2.24) is 4.98 Å². The van der Waals surface area contributed by atoms with Gasteiger partial charge in [-0.25, -0.2) is 4.98 Å². The highest BCUT2D eigenvalue weighted by atomic mass is 35.5. The number of carbonyl (C=O) groups is 1. The van der Waals surface area contributed by atoms with Gasteiger partial charge in [0.2, 0.25) is 0 Å². The van der Waals surface area contributed by atoms with Crippen LogP contribution in [-0.2, 0) is 0 Å². The molecule has 0 saturated carbocycles. The summed E-state index contributed by atoms with van der Waals surface area (Å²) in [6.45, 7) is 4.26. The molecule has 1 aromatic carbocycles. The summed E-state index contributed by atoms with van der Waals surface area (Å²) in [7, 11) is 0. The van der Waals surface area contributed by atoms with Gasteiger partial charge in [-0.2, -0.15) is 0 Å². The van der Waals surface area contributed by atoms with Crippen molar-refractivity contribution in [2.45, 2.75) is 19.8 Å². The zero-order valence-electron chi connectivity index (χ0n) is 10.1. The molecule has 0 atom stereocenters. The summed E-state index contributed by atoms with van der Waals surface area (Å²) < 4.78 is 0.371. The number of benzene rings is 1. The summed E-state index contributed by atoms with van der Waals surface area (Å²) in [5, 5.41) is 2.81. The summed E-state index contributed by atoms with van der Waals surface area (Å²) in [5.41, 5.74) is 2.02. The van der Waals surface area contributed by atoms with Gasteiger partial charge in [0.15, 0.2) is 4.47 Å². The average molecular weight is 281 g/mol. The van der Waals surface area contributed by atoms with Crippen LogP contribution in [0.1, 0.15) is 35.0 Å². The van der Waals surface area contributed by atoms with Gasteiger partial charge in [0, 0.05) is 5.69 Å². The molecule has 0 aliphatic carbocycles. The van der Waals surface area contributed by atoms with Crippen LogP contribution in [0.3, 0.4) is 0 Å². The van der Waals surface area contributed by atoms with Gasteiger partial charge >= 0.3 is 0 Å². The number of carbonyl (C=O) groups excluding carboxylic acids is 1. The Morgan fingerprint density at radius 1 is 1.33 bits per heavy atom. The first kappa shape index (κ1) is 13.1. The van der Waals surface area contributed by atoms with E-state index in [0.717, 1.165) is 5.69 Å². The number of thiazole rings is 1. The van der Waals surface area contributed by atoms with Crippen molar-refractivity contribution in [3.05, 3.63) is 45.4 Å². The van der Waals surface area contributed by atoms with Crippen LogP contribution >= 0.6 is 22.9 Å². The lowest BCUT2D eigenvalue weighted by atomic mass is 10.0. The Balaban J connectivity index is 2.07. The summed E-state index contributed by atoms with van der Waals surface area (Å²) >= 11 is 6.86. The fourth-order valence-electron chi connectivity index (χ4n) is 1.50. The Bertz CT molecular complexity index is 548. The average Bonchev–Trinajstić information content (AvgIpc) is 2.76. The van der Waals surface area contributed by atoms with Crippen molar-refractivity contribution in [3.8, 4) is 0 Å². The van der Waals surface area contributed by atoms with E-state index in [2.05, 4.69) is 24.1 Å². The molecule has 0 radical (unpaired) electrons. The predicted molar refractivity (Wildman–Crippen MR) is 75.6 cm³/mol. The zero-order chi connectivity index (χ0) is 13.1. The van der Waals surface area contributed by atoms with E-state index in [9.17, 15) is 4.79 Å². The van der Waals surface area contributed by atoms with Crippen molar-refractivity contribution in [2.24, 2.45) is 0 Å². The van der Waals surface area contributed by atoms with E-state index in [1.54, 1.807) is 0 Å². The van der Waals surface area contributed by atoms with Crippen LogP contribution in [-0.4, -0.2) is 10.9 Å². The number of rotatable bonds is 3. The van der Waals surface area contributed by atoms with E-state index >= 15 is 0 Å². The van der Waals surface area contributed by atoms with Gasteiger partial charge in [-0.3, -0.25) is 4.79 Å². The first-order valence-electron chi connectivity index (χ1n) is 5.59. The molecule has 5 heteroatoms. The second-order valence-electron chi connectivity index (χ2n) is 4.21. The molecule has 0 aliphatic rings. The fourth-order valence-corrected chi connectivity index (χ4v) is 2.34. The van der Waals surface area contributed by atoms with Crippen LogP contribution in [0, 0.1) is 0 Å². The molecule has 1 amide bonds. The number of halogens is 1. The standard InChI is InChI=1S/C13H13ClN2OS/c1-8(2)9-3-5-10(6-4-9)16-12(17)11-7-15-13(14)18-11/h3-8H,1-2H3,(H,16,17). The third kappa shape index (κ3) is 3.09. The van der Waals surface area contributed by atoms with E-state index in [-0.39, 0.29) is 5.91 Å². The van der Waals surface area contributed by atoms with Crippen LogP contribution in [0.4, 0.5) is 5.69 Å². The van der Waals surface area contributed by atoms with E-state index in [1.807, 2.05) is 24.3 Å². The molecule has 94 valence electrons. The second-order valence-corrected chi connectivity index (χ2v) is 5.82. The maximum atomic E-state index is 11.8. The van der Waals surface area contributed by atoms with Crippen LogP contribution in [0.25, 0.3) is 0 Å². The number of amides is 1. The number of hydrogen-bond donors (Lipinski definition) is 1. The van der Waals surface area contributed by atoms with Crippen LogP contribution in [0.15, 0.2) is 30.5 Å². The van der Waals surface area contributed by atoms with Gasteiger partial charge in [-0.1, -0.05) is 48.9 Å². The van der Waals surface area contributed by atoms with Crippen molar-refractivity contribution in [3.63, 3.8) is 0 Å². The molecular formula is C13H13ClN2OS. The highest BCUT2D eigenvalue weighted by Gasteiger charge is 2.10. The maximum Gasteiger partial charge on any atom is 0.267 e. The largest absolute Gasteiger partial charge is 0.321 e. The highest BCUT2D eigenvalue weighted by molar-refractivity contribution is 7.17. The molecule has 1 N–H and O–H groups in total. The minimum absolute atomic E-state index is 0.184. The predicted octanol–water partition coefficient (Wildman–Crippen LogP) is 4.17. The lowest BCUT2D eigenvalue weighted by Gasteiger charge is -2.07. The molecule has 3 nitrogen and oxygen atoms in total. The Labute approximate surface area is 115 Å². The number of hydrogen-bond acceptors (Lipinski definition) is 3. The topological polar surface area (TPSA) is 42.0 Å². The van der Waals surface area contributed by atoms with Crippen LogP contribution in [0.5, 0.6) is 0 Å². The van der Waals surface area contributed by atoms with Gasteiger partial charge in [-0.05, 0) is 23.6 Å². The van der Waals surface area contributed by atoms with Gasteiger partial charge in [0.05, 0.1) is 6.20 Å². The molecule has 0 fully saturated rings. The number of anilines is 1. The minimum Gasteiger partial charge on any atom is -0.321 e. The van der Waals surface area contributed by atoms with Gasteiger partial charge in [0.25, 0.3) is 5.91 Å². The molecule has 1 aromatic heterocycles. The Kier molecular flexibility index (Phi) is 3.99. The molecule has 0 bridgehead atoms. The van der Waals surface area contributed by atoms with Crippen molar-refractivity contribution in [2.75, 3.05) is 5.32 Å². The lowest BCUT2D eigenvalue weighted by Crippen LogP contribution is -2.10. The minimum atomic E-state index is -0.184. The molecule has 1 heterocycles. The van der Waals surface area contributed by atoms with Gasteiger partial charge in [0.1, 0.15) is 4.88 Å². The second kappa shape index (κ2) is 5.50. The number of nitrogens with one attached hydrogen (secondary N) is 1. The molecule has 0 unspecified atom stereocenters. The first-order valence-corrected chi connectivity index (χ1v) is 6.78. The summed E-state index contributed by atoms with van der Waals surface area (Å²) in [5.74, 6) is 0.298. The Morgan fingerprint density at radius 3 is 2.50 bits per heavy atom. The van der Waals surface area contributed by atoms with Gasteiger partial charge in [-0.15, -0.1) is 0 Å². The molecule has 0 saturated heterocycles. The number of aromatic nitrogens is 1. The van der Waals surface area contributed by atoms with Crippen molar-refractivity contribution < 1.29 is 4.79 Å². The monoisotopic (exact) mass is 280 g/mol. The van der Waals surface area contributed by atoms with E-state index in [4.69, 9.17) is 11.6 Å².